The van der Waals surface area contributed by atoms with Crippen LogP contribution in [0.25, 0.3) is 0 Å². The zero-order valence-electron chi connectivity index (χ0n) is 18.2. The maximum Gasteiger partial charge on any atom is 0.347 e. The first-order chi connectivity index (χ1) is 15.7. The number of nitrogens with zero attached hydrogens (tertiary/aromatic N) is 3. The quantitative estimate of drug-likeness (QED) is 0.234. The van der Waals surface area contributed by atoms with Gasteiger partial charge in [0.25, 0.3) is 5.69 Å². The molecule has 33 heavy (non-hydrogen) atoms. The molecule has 3 aromatic rings. The molecule has 9 nitrogen and oxygen atoms in total. The molecule has 0 unspecified atom stereocenters. The number of hydrogen-bond donors (Lipinski definition) is 1. The molecule has 3 aromatic carbocycles. The predicted octanol–water partition coefficient (Wildman–Crippen LogP) is 5.87. The van der Waals surface area contributed by atoms with Crippen molar-refractivity contribution in [2.24, 2.45) is 10.2 Å². The van der Waals surface area contributed by atoms with Gasteiger partial charge in [-0.05, 0) is 67.9 Å². The molecule has 0 saturated carbocycles. The van der Waals surface area contributed by atoms with Crippen LogP contribution in [0.15, 0.2) is 83.0 Å². The van der Waals surface area contributed by atoms with E-state index in [1.54, 1.807) is 36.4 Å². The van der Waals surface area contributed by atoms with Crippen molar-refractivity contribution in [1.82, 2.24) is 0 Å². The number of non-ortho nitro benzene ring substituents is 1. The number of aliphatic carboxylic acids is 1. The monoisotopic (exact) mass is 449 g/mol. The summed E-state index contributed by atoms with van der Waals surface area (Å²) in [6, 6.07) is 20.2. The summed E-state index contributed by atoms with van der Waals surface area (Å²) in [6.07, 6.45) is 0.671. The van der Waals surface area contributed by atoms with Gasteiger partial charge in [0.2, 0.25) is 0 Å². The molecule has 0 radical (unpaired) electrons. The van der Waals surface area contributed by atoms with E-state index in [1.165, 1.54) is 38.1 Å². The van der Waals surface area contributed by atoms with E-state index < -0.39 is 16.5 Å². The number of carboxylic acids is 1. The Morgan fingerprint density at radius 1 is 0.909 bits per heavy atom. The van der Waals surface area contributed by atoms with E-state index >= 15 is 0 Å². The zero-order valence-corrected chi connectivity index (χ0v) is 18.2. The fraction of sp³-hybridized carbons (Fsp3) is 0.208. The van der Waals surface area contributed by atoms with Gasteiger partial charge in [0, 0.05) is 18.6 Å². The molecule has 0 aliphatic rings. The summed E-state index contributed by atoms with van der Waals surface area (Å²) in [4.78, 5) is 21.4. The van der Waals surface area contributed by atoms with E-state index in [1.807, 2.05) is 12.1 Å². The summed E-state index contributed by atoms with van der Waals surface area (Å²) < 4.78 is 11.3. The van der Waals surface area contributed by atoms with Crippen LogP contribution in [0.1, 0.15) is 19.4 Å². The standard InChI is InChI=1S/C24H23N3O6/c1-24(2,23(28)29)33-22-11-3-17(4-12-22)15-16-32-21-13-7-19(8-14-21)26-25-18-5-9-20(10-6-18)27(30)31/h3-14H,15-16H2,1-2H3,(H,28,29). The summed E-state index contributed by atoms with van der Waals surface area (Å²) in [5, 5.41) is 28.0. The Hall–Kier alpha value is -4.27. The van der Waals surface area contributed by atoms with Crippen LogP contribution >= 0.6 is 0 Å². The van der Waals surface area contributed by atoms with Gasteiger partial charge in [-0.25, -0.2) is 4.79 Å². The van der Waals surface area contributed by atoms with Crippen LogP contribution in [-0.4, -0.2) is 28.2 Å². The third-order valence-electron chi connectivity index (χ3n) is 4.65. The maximum absolute atomic E-state index is 11.1. The third-order valence-corrected chi connectivity index (χ3v) is 4.65. The zero-order chi connectivity index (χ0) is 23.8. The highest BCUT2D eigenvalue weighted by Crippen LogP contribution is 2.23. The number of rotatable bonds is 10. The van der Waals surface area contributed by atoms with Crippen molar-refractivity contribution in [3.05, 3.63) is 88.5 Å². The Balaban J connectivity index is 1.47. The maximum atomic E-state index is 11.1. The summed E-state index contributed by atoms with van der Waals surface area (Å²) in [5.74, 6) is 0.150. The van der Waals surface area contributed by atoms with Crippen LogP contribution in [0.4, 0.5) is 17.1 Å². The number of azo groups is 1. The topological polar surface area (TPSA) is 124 Å². The molecule has 1 N–H and O–H groups in total. The predicted molar refractivity (Wildman–Crippen MR) is 122 cm³/mol. The van der Waals surface area contributed by atoms with Crippen LogP contribution < -0.4 is 9.47 Å². The van der Waals surface area contributed by atoms with E-state index in [0.717, 1.165) is 5.56 Å². The molecule has 0 bridgehead atoms. The Kier molecular flexibility index (Phi) is 7.34. The lowest BCUT2D eigenvalue weighted by atomic mass is 10.1. The summed E-state index contributed by atoms with van der Waals surface area (Å²) in [7, 11) is 0. The van der Waals surface area contributed by atoms with Crippen LogP contribution in [0.3, 0.4) is 0 Å². The minimum atomic E-state index is -1.29. The van der Waals surface area contributed by atoms with Crippen molar-refractivity contribution < 1.29 is 24.3 Å². The molecular weight excluding hydrogens is 426 g/mol. The van der Waals surface area contributed by atoms with Crippen LogP contribution in [0.2, 0.25) is 0 Å². The lowest BCUT2D eigenvalue weighted by Crippen LogP contribution is -2.37. The minimum absolute atomic E-state index is 0.00172. The molecule has 0 saturated heterocycles. The van der Waals surface area contributed by atoms with Gasteiger partial charge < -0.3 is 14.6 Å². The van der Waals surface area contributed by atoms with Gasteiger partial charge in [0.1, 0.15) is 11.5 Å². The van der Waals surface area contributed by atoms with Gasteiger partial charge in [0.05, 0.1) is 22.9 Å². The Morgan fingerprint density at radius 2 is 1.42 bits per heavy atom. The molecule has 0 heterocycles. The van der Waals surface area contributed by atoms with Gasteiger partial charge in [-0.3, -0.25) is 10.1 Å². The molecule has 170 valence electrons. The third kappa shape index (κ3) is 6.86. The van der Waals surface area contributed by atoms with E-state index in [0.29, 0.717) is 35.9 Å². The van der Waals surface area contributed by atoms with Gasteiger partial charge in [0.15, 0.2) is 5.60 Å². The number of benzene rings is 3. The number of nitro groups is 1. The molecule has 0 spiro atoms. The van der Waals surface area contributed by atoms with Crippen LogP contribution in [-0.2, 0) is 11.2 Å². The highest BCUT2D eigenvalue weighted by Gasteiger charge is 2.29. The van der Waals surface area contributed by atoms with E-state index in [9.17, 15) is 14.9 Å². The minimum Gasteiger partial charge on any atom is -0.493 e. The average Bonchev–Trinajstić information content (AvgIpc) is 2.79. The lowest BCUT2D eigenvalue weighted by molar-refractivity contribution is -0.384. The number of nitro benzene ring substituents is 1. The number of hydrogen-bond acceptors (Lipinski definition) is 7. The fourth-order valence-electron chi connectivity index (χ4n) is 2.71. The first-order valence-electron chi connectivity index (χ1n) is 10.1. The second-order valence-corrected chi connectivity index (χ2v) is 7.63. The van der Waals surface area contributed by atoms with Crippen LogP contribution in [0, 0.1) is 10.1 Å². The molecule has 0 amide bonds. The van der Waals surface area contributed by atoms with E-state index in [-0.39, 0.29) is 5.69 Å². The van der Waals surface area contributed by atoms with Crippen LogP contribution in [0.5, 0.6) is 11.5 Å². The summed E-state index contributed by atoms with van der Waals surface area (Å²) >= 11 is 0. The highest BCUT2D eigenvalue weighted by atomic mass is 16.6. The number of carbonyl (C=O) groups is 1. The SMILES string of the molecule is CC(C)(Oc1ccc(CCOc2ccc(N=Nc3ccc([N+](=O)[O-])cc3)cc2)cc1)C(=O)O. The number of ether oxygens (including phenoxy) is 2. The first-order valence-corrected chi connectivity index (χ1v) is 10.1. The normalized spacial score (nSPS) is 11.3. The van der Waals surface area contributed by atoms with Gasteiger partial charge in [-0.15, -0.1) is 0 Å². The van der Waals surface area contributed by atoms with Crippen molar-refractivity contribution in [3.63, 3.8) is 0 Å². The average molecular weight is 449 g/mol. The highest BCUT2D eigenvalue weighted by molar-refractivity contribution is 5.76. The molecule has 3 rings (SSSR count). The second kappa shape index (κ2) is 10.4. The smallest absolute Gasteiger partial charge is 0.347 e. The molecule has 9 heteroatoms. The lowest BCUT2D eigenvalue weighted by Gasteiger charge is -2.21. The van der Waals surface area contributed by atoms with Crippen molar-refractivity contribution in [2.75, 3.05) is 6.61 Å². The van der Waals surface area contributed by atoms with E-state index in [4.69, 9.17) is 14.6 Å². The summed E-state index contributed by atoms with van der Waals surface area (Å²) in [6.45, 7) is 3.46. The Morgan fingerprint density at radius 3 is 1.94 bits per heavy atom. The second-order valence-electron chi connectivity index (χ2n) is 7.63. The van der Waals surface area contributed by atoms with E-state index in [2.05, 4.69) is 10.2 Å². The first kappa shape index (κ1) is 23.4. The molecule has 0 atom stereocenters. The van der Waals surface area contributed by atoms with Gasteiger partial charge >= 0.3 is 5.97 Å². The van der Waals surface area contributed by atoms with Crippen molar-refractivity contribution >= 4 is 23.0 Å². The van der Waals surface area contributed by atoms with Crippen molar-refractivity contribution in [1.29, 1.82) is 0 Å². The van der Waals surface area contributed by atoms with Gasteiger partial charge in [-0.1, -0.05) is 12.1 Å². The summed E-state index contributed by atoms with van der Waals surface area (Å²) in [5.41, 5.74) is 0.883. The molecular formula is C24H23N3O6. The van der Waals surface area contributed by atoms with Crippen molar-refractivity contribution in [2.45, 2.75) is 25.9 Å². The molecule has 0 aromatic heterocycles. The Labute approximate surface area is 190 Å². The molecule has 0 aliphatic carbocycles. The largest absolute Gasteiger partial charge is 0.493 e. The molecule has 0 aliphatic heterocycles. The van der Waals surface area contributed by atoms with Gasteiger partial charge in [-0.2, -0.15) is 10.2 Å². The fourth-order valence-corrected chi connectivity index (χ4v) is 2.71. The van der Waals surface area contributed by atoms with Crippen molar-refractivity contribution in [3.8, 4) is 11.5 Å². The number of carboxylic acid groups (broad SMARTS) is 1. The molecule has 0 fully saturated rings. The Bertz CT molecular complexity index is 1120.